The third-order valence-corrected chi connectivity index (χ3v) is 4.47. The molecule has 20 heavy (non-hydrogen) atoms. The Morgan fingerprint density at radius 1 is 1.15 bits per heavy atom. The van der Waals surface area contributed by atoms with Gasteiger partial charge in [0.25, 0.3) is 0 Å². The summed E-state index contributed by atoms with van der Waals surface area (Å²) < 4.78 is 0. The number of rotatable bonds is 4. The van der Waals surface area contributed by atoms with Crippen molar-refractivity contribution in [2.24, 2.45) is 0 Å². The summed E-state index contributed by atoms with van der Waals surface area (Å²) >= 11 is 19.3. The lowest BCUT2D eigenvalue weighted by Gasteiger charge is -2.09. The molecule has 0 bridgehead atoms. The van der Waals surface area contributed by atoms with E-state index in [1.54, 1.807) is 11.3 Å². The molecule has 0 fully saturated rings. The monoisotopic (exact) mass is 348 g/mol. The van der Waals surface area contributed by atoms with Crippen LogP contribution in [0.3, 0.4) is 0 Å². The van der Waals surface area contributed by atoms with Crippen molar-refractivity contribution in [3.63, 3.8) is 0 Å². The fraction of sp³-hybridized carbons (Fsp3) is 0.154. The molecule has 2 amide bonds. The minimum Gasteiger partial charge on any atom is -0.338 e. The van der Waals surface area contributed by atoms with Gasteiger partial charge in [-0.25, -0.2) is 4.79 Å². The summed E-state index contributed by atoms with van der Waals surface area (Å²) in [5, 5.41) is 8.42. The van der Waals surface area contributed by atoms with Crippen LogP contribution in [0, 0.1) is 0 Å². The molecule has 2 aromatic rings. The highest BCUT2D eigenvalue weighted by Gasteiger charge is 2.09. The van der Waals surface area contributed by atoms with Crippen LogP contribution in [0.2, 0.25) is 15.1 Å². The molecule has 106 valence electrons. The molecule has 1 aromatic heterocycles. The molecule has 3 nitrogen and oxygen atoms in total. The summed E-state index contributed by atoms with van der Waals surface area (Å²) in [5.41, 5.74) is 0.426. The van der Waals surface area contributed by atoms with Crippen LogP contribution in [0.5, 0.6) is 0 Å². The van der Waals surface area contributed by atoms with Gasteiger partial charge in [-0.05, 0) is 30.0 Å². The highest BCUT2D eigenvalue weighted by atomic mass is 35.5. The van der Waals surface area contributed by atoms with Gasteiger partial charge >= 0.3 is 6.03 Å². The molecule has 0 saturated heterocycles. The SMILES string of the molecule is O=C(NCCc1cccs1)Nc1cc(Cl)c(Cl)cc1Cl. The number of nitrogens with one attached hydrogen (secondary N) is 2. The van der Waals surface area contributed by atoms with Crippen molar-refractivity contribution in [2.75, 3.05) is 11.9 Å². The van der Waals surface area contributed by atoms with Crippen molar-refractivity contribution in [1.82, 2.24) is 5.32 Å². The lowest BCUT2D eigenvalue weighted by molar-refractivity contribution is 0.252. The molecule has 0 unspecified atom stereocenters. The summed E-state index contributed by atoms with van der Waals surface area (Å²) in [6.07, 6.45) is 0.792. The zero-order chi connectivity index (χ0) is 14.5. The predicted octanol–water partition coefficient (Wildman–Crippen LogP) is 5.07. The van der Waals surface area contributed by atoms with Crippen molar-refractivity contribution in [3.05, 3.63) is 49.6 Å². The Morgan fingerprint density at radius 2 is 1.90 bits per heavy atom. The number of urea groups is 1. The Morgan fingerprint density at radius 3 is 2.60 bits per heavy atom. The largest absolute Gasteiger partial charge is 0.338 e. The average Bonchev–Trinajstić information content (AvgIpc) is 2.89. The standard InChI is InChI=1S/C13H11Cl3N2OS/c14-9-6-11(16)12(7-10(9)15)18-13(19)17-4-3-8-2-1-5-20-8/h1-2,5-7H,3-4H2,(H2,17,18,19). The van der Waals surface area contributed by atoms with Gasteiger partial charge in [-0.15, -0.1) is 11.3 Å². The summed E-state index contributed by atoms with van der Waals surface area (Å²) in [6, 6.07) is 6.69. The molecular weight excluding hydrogens is 339 g/mol. The molecule has 1 aromatic carbocycles. The summed E-state index contributed by atoms with van der Waals surface area (Å²) in [5.74, 6) is 0. The van der Waals surface area contributed by atoms with Crippen LogP contribution < -0.4 is 10.6 Å². The van der Waals surface area contributed by atoms with E-state index in [0.717, 1.165) is 6.42 Å². The molecule has 0 aliphatic rings. The summed E-state index contributed by atoms with van der Waals surface area (Å²) in [7, 11) is 0. The zero-order valence-corrected chi connectivity index (χ0v) is 13.3. The highest BCUT2D eigenvalue weighted by molar-refractivity contribution is 7.09. The van der Waals surface area contributed by atoms with Crippen molar-refractivity contribution < 1.29 is 4.79 Å². The van der Waals surface area contributed by atoms with Gasteiger partial charge in [0, 0.05) is 11.4 Å². The molecule has 0 aliphatic carbocycles. The van der Waals surface area contributed by atoms with Crippen LogP contribution in [0.1, 0.15) is 4.88 Å². The van der Waals surface area contributed by atoms with Gasteiger partial charge in [0.2, 0.25) is 0 Å². The van der Waals surface area contributed by atoms with Gasteiger partial charge in [-0.2, -0.15) is 0 Å². The number of hydrogen-bond acceptors (Lipinski definition) is 2. The normalized spacial score (nSPS) is 10.3. The van der Waals surface area contributed by atoms with Crippen molar-refractivity contribution in [2.45, 2.75) is 6.42 Å². The van der Waals surface area contributed by atoms with E-state index >= 15 is 0 Å². The molecule has 2 N–H and O–H groups in total. The quantitative estimate of drug-likeness (QED) is 0.743. The van der Waals surface area contributed by atoms with E-state index < -0.39 is 0 Å². The number of amides is 2. The van der Waals surface area contributed by atoms with Crippen LogP contribution in [-0.4, -0.2) is 12.6 Å². The van der Waals surface area contributed by atoms with E-state index in [4.69, 9.17) is 34.8 Å². The number of thiophene rings is 1. The third kappa shape index (κ3) is 4.28. The first-order valence-electron chi connectivity index (χ1n) is 5.78. The van der Waals surface area contributed by atoms with Crippen molar-refractivity contribution in [3.8, 4) is 0 Å². The van der Waals surface area contributed by atoms with E-state index in [1.807, 2.05) is 17.5 Å². The van der Waals surface area contributed by atoms with E-state index in [0.29, 0.717) is 27.3 Å². The van der Waals surface area contributed by atoms with Crippen LogP contribution in [0.25, 0.3) is 0 Å². The molecule has 0 spiro atoms. The van der Waals surface area contributed by atoms with Crippen LogP contribution >= 0.6 is 46.1 Å². The molecule has 0 saturated carbocycles. The van der Waals surface area contributed by atoms with E-state index in [1.165, 1.54) is 17.0 Å². The Hall–Kier alpha value is -0.940. The van der Waals surface area contributed by atoms with Gasteiger partial charge in [0.05, 0.1) is 20.8 Å². The third-order valence-electron chi connectivity index (χ3n) is 2.50. The molecule has 0 atom stereocenters. The maximum Gasteiger partial charge on any atom is 0.319 e. The number of carbonyl (C=O) groups is 1. The number of halogens is 3. The summed E-state index contributed by atoms with van der Waals surface area (Å²) in [4.78, 5) is 13.0. The van der Waals surface area contributed by atoms with Gasteiger partial charge < -0.3 is 10.6 Å². The maximum atomic E-state index is 11.7. The number of anilines is 1. The van der Waals surface area contributed by atoms with Gasteiger partial charge in [-0.3, -0.25) is 0 Å². The molecular formula is C13H11Cl3N2OS. The second kappa shape index (κ2) is 7.18. The van der Waals surface area contributed by atoms with Gasteiger partial charge in [-0.1, -0.05) is 40.9 Å². The Kier molecular flexibility index (Phi) is 5.54. The minimum absolute atomic E-state index is 0.332. The van der Waals surface area contributed by atoms with Crippen LogP contribution in [-0.2, 0) is 6.42 Å². The van der Waals surface area contributed by atoms with Crippen molar-refractivity contribution in [1.29, 1.82) is 0 Å². The fourth-order valence-corrected chi connectivity index (χ4v) is 2.84. The topological polar surface area (TPSA) is 41.1 Å². The first-order chi connectivity index (χ1) is 9.56. The van der Waals surface area contributed by atoms with Crippen LogP contribution in [0.4, 0.5) is 10.5 Å². The predicted molar refractivity (Wildman–Crippen MR) is 86.5 cm³/mol. The lowest BCUT2D eigenvalue weighted by atomic mass is 10.3. The fourth-order valence-electron chi connectivity index (χ4n) is 1.54. The minimum atomic E-state index is -0.332. The average molecular weight is 350 g/mol. The van der Waals surface area contributed by atoms with Crippen molar-refractivity contribution >= 4 is 57.9 Å². The molecule has 7 heteroatoms. The van der Waals surface area contributed by atoms with Gasteiger partial charge in [0.15, 0.2) is 0 Å². The Bertz CT molecular complexity index is 602. The first kappa shape index (κ1) is 15.4. The van der Waals surface area contributed by atoms with E-state index in [9.17, 15) is 4.79 Å². The number of hydrogen-bond donors (Lipinski definition) is 2. The maximum absolute atomic E-state index is 11.7. The molecule has 1 heterocycles. The molecule has 0 radical (unpaired) electrons. The smallest absolute Gasteiger partial charge is 0.319 e. The van der Waals surface area contributed by atoms with E-state index in [-0.39, 0.29) is 6.03 Å². The second-order valence-electron chi connectivity index (χ2n) is 3.96. The van der Waals surface area contributed by atoms with Gasteiger partial charge in [0.1, 0.15) is 0 Å². The number of carbonyl (C=O) groups excluding carboxylic acids is 1. The first-order valence-corrected chi connectivity index (χ1v) is 7.79. The second-order valence-corrected chi connectivity index (χ2v) is 6.21. The highest BCUT2D eigenvalue weighted by Crippen LogP contribution is 2.32. The van der Waals surface area contributed by atoms with Crippen LogP contribution in [0.15, 0.2) is 29.6 Å². The Labute approximate surface area is 135 Å². The molecule has 2 rings (SSSR count). The molecule has 0 aliphatic heterocycles. The number of benzene rings is 1. The summed E-state index contributed by atoms with van der Waals surface area (Å²) in [6.45, 7) is 0.547. The van der Waals surface area contributed by atoms with E-state index in [2.05, 4.69) is 10.6 Å². The zero-order valence-electron chi connectivity index (χ0n) is 10.3. The lowest BCUT2D eigenvalue weighted by Crippen LogP contribution is -2.30. The Balaban J connectivity index is 1.86.